The molecule has 0 aromatic rings. The minimum absolute atomic E-state index is 0.128. The molecule has 3 heteroatoms. The number of hydrogen-bond donors (Lipinski definition) is 1. The van der Waals surface area contributed by atoms with Crippen LogP contribution in [-0.4, -0.2) is 17.7 Å². The number of fused-ring (bicyclic) bond motifs is 1. The molecule has 3 nitrogen and oxygen atoms in total. The van der Waals surface area contributed by atoms with Gasteiger partial charge in [-0.2, -0.15) is 0 Å². The topological polar surface area (TPSA) is 46.2 Å². The monoisotopic (exact) mass is 179 g/mol. The average molecular weight is 179 g/mol. The van der Waals surface area contributed by atoms with Crippen LogP contribution < -0.4 is 5.32 Å². The van der Waals surface area contributed by atoms with Gasteiger partial charge in [-0.1, -0.05) is 0 Å². The van der Waals surface area contributed by atoms with Crippen LogP contribution in [0.4, 0.5) is 0 Å². The first kappa shape index (κ1) is 8.48. The zero-order chi connectivity index (χ0) is 9.26. The predicted octanol–water partition coefficient (Wildman–Crippen LogP) is 0.944. The lowest BCUT2D eigenvalue weighted by molar-refractivity contribution is -0.122. The van der Waals surface area contributed by atoms with Crippen molar-refractivity contribution >= 4 is 11.7 Å². The summed E-state index contributed by atoms with van der Waals surface area (Å²) in [6, 6.07) is 0.146. The minimum Gasteiger partial charge on any atom is -0.350 e. The van der Waals surface area contributed by atoms with E-state index in [0.717, 1.165) is 24.8 Å². The Morgan fingerprint density at radius 2 is 2.08 bits per heavy atom. The molecular weight excluding hydrogens is 166 g/mol. The number of hydrogen-bond acceptors (Lipinski definition) is 2. The Morgan fingerprint density at radius 1 is 1.23 bits per heavy atom. The summed E-state index contributed by atoms with van der Waals surface area (Å²) in [6.07, 6.45) is 5.46. The summed E-state index contributed by atoms with van der Waals surface area (Å²) in [4.78, 5) is 22.3. The maximum atomic E-state index is 11.2. The van der Waals surface area contributed by atoms with E-state index in [1.807, 2.05) is 0 Å². The lowest BCUT2D eigenvalue weighted by atomic mass is 9.91. The van der Waals surface area contributed by atoms with Crippen molar-refractivity contribution in [1.29, 1.82) is 0 Å². The van der Waals surface area contributed by atoms with Crippen LogP contribution in [0.25, 0.3) is 0 Å². The Morgan fingerprint density at radius 3 is 2.92 bits per heavy atom. The second-order valence-corrected chi connectivity index (χ2v) is 3.70. The van der Waals surface area contributed by atoms with Crippen LogP contribution >= 0.6 is 0 Å². The third-order valence-electron chi connectivity index (χ3n) is 2.68. The van der Waals surface area contributed by atoms with Crippen LogP contribution in [0.5, 0.6) is 0 Å². The van der Waals surface area contributed by atoms with Gasteiger partial charge in [-0.3, -0.25) is 9.59 Å². The number of carbonyl (C=O) groups excluding carboxylic acids is 2. The first-order valence-corrected chi connectivity index (χ1v) is 4.78. The molecule has 1 aliphatic carbocycles. The molecule has 1 amide bonds. The number of nitrogens with one attached hydrogen (secondary N) is 1. The number of rotatable bonds is 0. The fourth-order valence-corrected chi connectivity index (χ4v) is 1.98. The van der Waals surface area contributed by atoms with Crippen molar-refractivity contribution in [3.63, 3.8) is 0 Å². The van der Waals surface area contributed by atoms with Crippen molar-refractivity contribution in [2.24, 2.45) is 0 Å². The molecule has 1 N–H and O–H groups in total. The number of ketones is 1. The molecule has 2 aliphatic rings. The molecule has 1 fully saturated rings. The molecule has 0 saturated carbocycles. The minimum atomic E-state index is 0.128. The summed E-state index contributed by atoms with van der Waals surface area (Å²) in [6.45, 7) is 0. The van der Waals surface area contributed by atoms with E-state index in [1.165, 1.54) is 0 Å². The van der Waals surface area contributed by atoms with Gasteiger partial charge in [-0.05, 0) is 30.9 Å². The zero-order valence-corrected chi connectivity index (χ0v) is 7.51. The first-order chi connectivity index (χ1) is 6.25. The van der Waals surface area contributed by atoms with E-state index in [9.17, 15) is 9.59 Å². The fourth-order valence-electron chi connectivity index (χ4n) is 1.98. The van der Waals surface area contributed by atoms with Crippen molar-refractivity contribution < 1.29 is 9.59 Å². The van der Waals surface area contributed by atoms with Gasteiger partial charge in [0.05, 0.1) is 6.04 Å². The van der Waals surface area contributed by atoms with Crippen LogP contribution in [0, 0.1) is 0 Å². The quantitative estimate of drug-likeness (QED) is 0.601. The molecule has 70 valence electrons. The SMILES string of the molecule is O=C1C=C2CCCC(=O)NC2CC1. The highest BCUT2D eigenvalue weighted by molar-refractivity contribution is 5.92. The first-order valence-electron chi connectivity index (χ1n) is 4.78. The van der Waals surface area contributed by atoms with Gasteiger partial charge in [0.2, 0.25) is 5.91 Å². The molecule has 0 bridgehead atoms. The van der Waals surface area contributed by atoms with Crippen molar-refractivity contribution in [3.8, 4) is 0 Å². The standard InChI is InChI=1S/C10H13NO2/c12-8-4-5-9-7(6-8)2-1-3-10(13)11-9/h6,9H,1-5H2,(H,11,13). The summed E-state index contributed by atoms with van der Waals surface area (Å²) in [5.41, 5.74) is 1.13. The summed E-state index contributed by atoms with van der Waals surface area (Å²) in [5, 5.41) is 2.94. The van der Waals surface area contributed by atoms with Gasteiger partial charge in [0, 0.05) is 12.8 Å². The van der Waals surface area contributed by atoms with Gasteiger partial charge in [0.15, 0.2) is 5.78 Å². The highest BCUT2D eigenvalue weighted by Gasteiger charge is 2.24. The molecule has 0 aromatic carbocycles. The number of allylic oxidation sites excluding steroid dienone is 1. The summed E-state index contributed by atoms with van der Waals surface area (Å²) in [7, 11) is 0. The van der Waals surface area contributed by atoms with E-state index < -0.39 is 0 Å². The third kappa shape index (κ3) is 1.79. The lowest BCUT2D eigenvalue weighted by Crippen LogP contribution is -2.36. The van der Waals surface area contributed by atoms with Gasteiger partial charge in [-0.15, -0.1) is 0 Å². The number of carbonyl (C=O) groups is 2. The van der Waals surface area contributed by atoms with E-state index >= 15 is 0 Å². The summed E-state index contributed by atoms with van der Waals surface area (Å²) < 4.78 is 0. The highest BCUT2D eigenvalue weighted by Crippen LogP contribution is 2.23. The van der Waals surface area contributed by atoms with E-state index in [2.05, 4.69) is 5.32 Å². The van der Waals surface area contributed by atoms with Gasteiger partial charge < -0.3 is 5.32 Å². The Kier molecular flexibility index (Phi) is 2.17. The summed E-state index contributed by atoms with van der Waals surface area (Å²) >= 11 is 0. The van der Waals surface area contributed by atoms with Gasteiger partial charge in [-0.25, -0.2) is 0 Å². The van der Waals surface area contributed by atoms with Crippen LogP contribution in [-0.2, 0) is 9.59 Å². The molecule has 1 heterocycles. The smallest absolute Gasteiger partial charge is 0.220 e. The fraction of sp³-hybridized carbons (Fsp3) is 0.600. The highest BCUT2D eigenvalue weighted by atomic mass is 16.1. The molecular formula is C10H13NO2. The maximum absolute atomic E-state index is 11.2. The van der Waals surface area contributed by atoms with Gasteiger partial charge in [0.25, 0.3) is 0 Å². The zero-order valence-electron chi connectivity index (χ0n) is 7.51. The maximum Gasteiger partial charge on any atom is 0.220 e. The Hall–Kier alpha value is -1.12. The molecule has 0 aromatic heterocycles. The molecule has 1 unspecified atom stereocenters. The van der Waals surface area contributed by atoms with E-state index in [4.69, 9.17) is 0 Å². The molecule has 0 radical (unpaired) electrons. The van der Waals surface area contributed by atoms with Crippen molar-refractivity contribution in [3.05, 3.63) is 11.6 Å². The number of amides is 1. The second-order valence-electron chi connectivity index (χ2n) is 3.70. The van der Waals surface area contributed by atoms with E-state index in [1.54, 1.807) is 6.08 Å². The Balaban J connectivity index is 2.19. The Bertz CT molecular complexity index is 281. The Labute approximate surface area is 77.2 Å². The normalized spacial score (nSPS) is 28.6. The van der Waals surface area contributed by atoms with E-state index in [0.29, 0.717) is 12.8 Å². The average Bonchev–Trinajstić information content (AvgIpc) is 2.25. The van der Waals surface area contributed by atoms with Crippen LogP contribution in [0.3, 0.4) is 0 Å². The molecule has 0 spiro atoms. The van der Waals surface area contributed by atoms with Crippen LogP contribution in [0.2, 0.25) is 0 Å². The third-order valence-corrected chi connectivity index (χ3v) is 2.68. The van der Waals surface area contributed by atoms with E-state index in [-0.39, 0.29) is 17.7 Å². The van der Waals surface area contributed by atoms with Crippen LogP contribution in [0.15, 0.2) is 11.6 Å². The van der Waals surface area contributed by atoms with Crippen molar-refractivity contribution in [1.82, 2.24) is 5.32 Å². The van der Waals surface area contributed by atoms with Gasteiger partial charge >= 0.3 is 0 Å². The van der Waals surface area contributed by atoms with Crippen molar-refractivity contribution in [2.45, 2.75) is 38.1 Å². The summed E-state index contributed by atoms with van der Waals surface area (Å²) in [5.74, 6) is 0.338. The second kappa shape index (κ2) is 3.32. The molecule has 2 rings (SSSR count). The molecule has 1 atom stereocenters. The van der Waals surface area contributed by atoms with Gasteiger partial charge in [0.1, 0.15) is 0 Å². The van der Waals surface area contributed by atoms with Crippen LogP contribution in [0.1, 0.15) is 32.1 Å². The predicted molar refractivity (Wildman–Crippen MR) is 48.1 cm³/mol. The molecule has 1 aliphatic heterocycles. The lowest BCUT2D eigenvalue weighted by Gasteiger charge is -2.21. The molecule has 13 heavy (non-hydrogen) atoms. The molecule has 1 saturated heterocycles. The largest absolute Gasteiger partial charge is 0.350 e. The van der Waals surface area contributed by atoms with Crippen molar-refractivity contribution in [2.75, 3.05) is 0 Å².